The third-order valence-corrected chi connectivity index (χ3v) is 8.78. The molecule has 1 saturated carbocycles. The van der Waals surface area contributed by atoms with Crippen LogP contribution in [0.3, 0.4) is 0 Å². The predicted octanol–water partition coefficient (Wildman–Crippen LogP) is 5.80. The highest BCUT2D eigenvalue weighted by atomic mass is 35.5. The summed E-state index contributed by atoms with van der Waals surface area (Å²) in [6.07, 6.45) is 5.23. The number of likely N-dealkylation sites (tertiary alicyclic amines) is 1. The summed E-state index contributed by atoms with van der Waals surface area (Å²) in [6.45, 7) is 4.61. The van der Waals surface area contributed by atoms with Crippen molar-refractivity contribution in [2.75, 3.05) is 19.9 Å². The van der Waals surface area contributed by atoms with Gasteiger partial charge in [0.25, 0.3) is 0 Å². The lowest BCUT2D eigenvalue weighted by Crippen LogP contribution is -2.27. The normalized spacial score (nSPS) is 21.5. The van der Waals surface area contributed by atoms with Gasteiger partial charge in [0.15, 0.2) is 11.5 Å². The first kappa shape index (κ1) is 22.1. The van der Waals surface area contributed by atoms with Gasteiger partial charge in [-0.25, -0.2) is 4.98 Å². The lowest BCUT2D eigenvalue weighted by atomic mass is 9.89. The van der Waals surface area contributed by atoms with E-state index >= 15 is 0 Å². The van der Waals surface area contributed by atoms with Gasteiger partial charge in [0.05, 0.1) is 17.9 Å². The van der Waals surface area contributed by atoms with Crippen molar-refractivity contribution in [3.63, 3.8) is 0 Å². The van der Waals surface area contributed by atoms with Crippen molar-refractivity contribution in [2.24, 2.45) is 5.92 Å². The largest absolute Gasteiger partial charge is 0.454 e. The Morgan fingerprint density at radius 3 is 2.82 bits per heavy atom. The molecule has 5 nitrogen and oxygen atoms in total. The van der Waals surface area contributed by atoms with Crippen LogP contribution in [0.4, 0.5) is 0 Å². The molecule has 3 heterocycles. The molecule has 1 aliphatic carbocycles. The van der Waals surface area contributed by atoms with Crippen LogP contribution in [0.15, 0.2) is 48.7 Å². The van der Waals surface area contributed by atoms with E-state index in [1.165, 1.54) is 6.42 Å². The summed E-state index contributed by atoms with van der Waals surface area (Å²) in [5.74, 6) is 2.38. The van der Waals surface area contributed by atoms with Crippen molar-refractivity contribution in [3.8, 4) is 11.5 Å². The number of thiazole rings is 1. The van der Waals surface area contributed by atoms with Crippen LogP contribution in [0.2, 0.25) is 5.02 Å². The molecule has 1 saturated heterocycles. The van der Waals surface area contributed by atoms with E-state index in [1.807, 2.05) is 42.6 Å². The van der Waals surface area contributed by atoms with Crippen LogP contribution in [-0.2, 0) is 16.6 Å². The molecule has 3 aromatic rings. The number of hydrogen-bond donors (Lipinski definition) is 0. The van der Waals surface area contributed by atoms with Crippen LogP contribution in [0.5, 0.6) is 11.5 Å². The van der Waals surface area contributed by atoms with Crippen molar-refractivity contribution in [2.45, 2.75) is 44.1 Å². The summed E-state index contributed by atoms with van der Waals surface area (Å²) in [4.78, 5) is 21.8. The number of rotatable bonds is 7. The number of benzene rings is 2. The average Bonchev–Trinajstić information content (AvgIpc) is 3.13. The lowest BCUT2D eigenvalue weighted by molar-refractivity contribution is -0.120. The van der Waals surface area contributed by atoms with Crippen molar-refractivity contribution >= 4 is 28.7 Å². The van der Waals surface area contributed by atoms with E-state index in [1.54, 1.807) is 11.3 Å². The van der Waals surface area contributed by atoms with E-state index in [0.717, 1.165) is 63.5 Å². The molecule has 34 heavy (non-hydrogen) atoms. The van der Waals surface area contributed by atoms with Gasteiger partial charge in [-0.05, 0) is 61.1 Å². The maximum atomic E-state index is 13.5. The van der Waals surface area contributed by atoms with Crippen LogP contribution in [-0.4, -0.2) is 35.5 Å². The fourth-order valence-corrected chi connectivity index (χ4v) is 6.63. The quantitative estimate of drug-likeness (QED) is 0.415. The van der Waals surface area contributed by atoms with Crippen LogP contribution in [0.1, 0.15) is 53.2 Å². The molecule has 176 valence electrons. The van der Waals surface area contributed by atoms with Crippen molar-refractivity contribution in [3.05, 3.63) is 74.7 Å². The number of Topliss-reactive ketones (excluding diaryl/α,β-unsaturated/α-hetero) is 1. The smallest absolute Gasteiger partial charge is 0.231 e. The Morgan fingerprint density at radius 2 is 2.06 bits per heavy atom. The van der Waals surface area contributed by atoms with Crippen LogP contribution >= 0.6 is 22.9 Å². The maximum Gasteiger partial charge on any atom is 0.231 e. The highest BCUT2D eigenvalue weighted by Crippen LogP contribution is 2.52. The van der Waals surface area contributed by atoms with Crippen molar-refractivity contribution in [1.82, 2.24) is 9.88 Å². The van der Waals surface area contributed by atoms with Gasteiger partial charge in [0.2, 0.25) is 6.79 Å². The summed E-state index contributed by atoms with van der Waals surface area (Å²) in [5, 5.41) is 1.65. The van der Waals surface area contributed by atoms with E-state index in [-0.39, 0.29) is 18.6 Å². The van der Waals surface area contributed by atoms with Crippen molar-refractivity contribution in [1.29, 1.82) is 0 Å². The molecule has 7 heteroatoms. The Balaban J connectivity index is 1.25. The fourth-order valence-electron chi connectivity index (χ4n) is 5.32. The molecule has 2 aromatic carbocycles. The van der Waals surface area contributed by atoms with Gasteiger partial charge in [-0.2, -0.15) is 0 Å². The van der Waals surface area contributed by atoms with Gasteiger partial charge in [-0.3, -0.25) is 9.69 Å². The molecular weight excluding hydrogens is 468 g/mol. The van der Waals surface area contributed by atoms with Crippen LogP contribution in [0, 0.1) is 5.92 Å². The average molecular weight is 495 g/mol. The van der Waals surface area contributed by atoms with E-state index in [4.69, 9.17) is 26.1 Å². The molecule has 2 aliphatic heterocycles. The van der Waals surface area contributed by atoms with Gasteiger partial charge in [0, 0.05) is 22.6 Å². The number of halogens is 1. The molecule has 2 atom stereocenters. The third-order valence-electron chi connectivity index (χ3n) is 7.38. The summed E-state index contributed by atoms with van der Waals surface area (Å²) in [6, 6.07) is 14.0. The molecule has 1 aromatic heterocycles. The first-order valence-electron chi connectivity index (χ1n) is 11.9. The van der Waals surface area contributed by atoms with E-state index in [2.05, 4.69) is 17.9 Å². The maximum absolute atomic E-state index is 13.5. The Hall–Kier alpha value is -2.41. The predicted molar refractivity (Wildman–Crippen MR) is 133 cm³/mol. The zero-order chi connectivity index (χ0) is 23.3. The minimum absolute atomic E-state index is 0.0729. The first-order chi connectivity index (χ1) is 16.5. The van der Waals surface area contributed by atoms with Crippen LogP contribution in [0.25, 0.3) is 0 Å². The van der Waals surface area contributed by atoms with E-state index in [0.29, 0.717) is 12.3 Å². The molecule has 0 unspecified atom stereocenters. The van der Waals surface area contributed by atoms with E-state index < -0.39 is 5.41 Å². The first-order valence-corrected chi connectivity index (χ1v) is 13.1. The standard InChI is InChI=1S/C27H27ClN2O3S/c1-17-8-11-30(15-17)26(19-4-2-3-5-20(19)28)23-14-29-25(34-23)13-24(31)27(9-10-27)18-6-7-21-22(12-18)33-16-32-21/h2-7,12,14,17,26H,8-11,13,15-16H2,1H3/t17-,26-/m1/s1. The number of ether oxygens (including phenoxy) is 2. The number of fused-ring (bicyclic) bond motifs is 1. The molecule has 0 radical (unpaired) electrons. The second-order valence-corrected chi connectivity index (χ2v) is 11.3. The third kappa shape index (κ3) is 3.92. The number of nitrogens with zero attached hydrogens (tertiary/aromatic N) is 2. The molecule has 0 amide bonds. The Morgan fingerprint density at radius 1 is 1.24 bits per heavy atom. The minimum Gasteiger partial charge on any atom is -0.454 e. The van der Waals surface area contributed by atoms with Gasteiger partial charge in [-0.15, -0.1) is 11.3 Å². The molecule has 6 rings (SSSR count). The number of carbonyl (C=O) groups excluding carboxylic acids is 1. The molecule has 0 spiro atoms. The highest BCUT2D eigenvalue weighted by molar-refractivity contribution is 7.11. The molecule has 3 aliphatic rings. The van der Waals surface area contributed by atoms with Gasteiger partial charge in [0.1, 0.15) is 10.8 Å². The van der Waals surface area contributed by atoms with Gasteiger partial charge < -0.3 is 9.47 Å². The highest BCUT2D eigenvalue weighted by Gasteiger charge is 2.51. The molecule has 2 fully saturated rings. The second kappa shape index (κ2) is 8.67. The minimum atomic E-state index is -0.417. The zero-order valence-electron chi connectivity index (χ0n) is 19.1. The topological polar surface area (TPSA) is 51.7 Å². The number of hydrogen-bond acceptors (Lipinski definition) is 6. The van der Waals surface area contributed by atoms with Crippen molar-refractivity contribution < 1.29 is 14.3 Å². The Labute approximate surface area is 208 Å². The monoisotopic (exact) mass is 494 g/mol. The summed E-state index contributed by atoms with van der Waals surface area (Å²) < 4.78 is 11.0. The summed E-state index contributed by atoms with van der Waals surface area (Å²) >= 11 is 8.28. The summed E-state index contributed by atoms with van der Waals surface area (Å²) in [7, 11) is 0. The van der Waals surface area contributed by atoms with Crippen LogP contribution < -0.4 is 9.47 Å². The zero-order valence-corrected chi connectivity index (χ0v) is 20.7. The summed E-state index contributed by atoms with van der Waals surface area (Å²) in [5.41, 5.74) is 1.72. The number of ketones is 1. The number of carbonyl (C=O) groups is 1. The fraction of sp³-hybridized carbons (Fsp3) is 0.407. The SMILES string of the molecule is C[C@@H]1CCN([C@@H](c2cnc(CC(=O)C3(c4ccc5c(c4)OCO5)CC3)s2)c2ccccc2Cl)C1. The van der Waals surface area contributed by atoms with Gasteiger partial charge >= 0.3 is 0 Å². The Kier molecular flexibility index (Phi) is 5.63. The number of aromatic nitrogens is 1. The van der Waals surface area contributed by atoms with Gasteiger partial charge in [-0.1, -0.05) is 42.8 Å². The lowest BCUT2D eigenvalue weighted by Gasteiger charge is -2.28. The molecule has 0 bridgehead atoms. The second-order valence-electron chi connectivity index (χ2n) is 9.72. The Bertz CT molecular complexity index is 1240. The van der Waals surface area contributed by atoms with E-state index in [9.17, 15) is 4.79 Å². The molecule has 0 N–H and O–H groups in total. The molecular formula is C27H27ClN2O3S.